The molecule has 0 N–H and O–H groups in total. The summed E-state index contributed by atoms with van der Waals surface area (Å²) in [5.74, 6) is 0.415. The maximum absolute atomic E-state index is 11.9. The first-order chi connectivity index (χ1) is 6.81. The molecule has 1 aliphatic heterocycles. The second-order valence-electron chi connectivity index (χ2n) is 4.99. The van der Waals surface area contributed by atoms with Crippen LogP contribution in [0.1, 0.15) is 27.7 Å². The van der Waals surface area contributed by atoms with E-state index in [9.17, 15) is 4.79 Å². The van der Waals surface area contributed by atoms with Gasteiger partial charge in [-0.1, -0.05) is 13.8 Å². The quantitative estimate of drug-likeness (QED) is 0.694. The molecular weight excluding hydrogens is 190 g/mol. The van der Waals surface area contributed by atoms with E-state index in [0.717, 1.165) is 0 Å². The van der Waals surface area contributed by atoms with Crippen molar-refractivity contribution < 1.29 is 4.79 Å². The Morgan fingerprint density at radius 3 is 2.40 bits per heavy atom. The predicted molar refractivity (Wildman–Crippen MR) is 58.2 cm³/mol. The van der Waals surface area contributed by atoms with Gasteiger partial charge in [-0.05, 0) is 19.8 Å². The first-order valence-electron chi connectivity index (χ1n) is 5.27. The largest absolute Gasteiger partial charge is 0.323 e. The number of hydrogen-bond donors (Lipinski definition) is 0. The number of carbonyl (C=O) groups is 1. The Balaban J connectivity index is 2.91. The fourth-order valence-corrected chi connectivity index (χ4v) is 1.91. The van der Waals surface area contributed by atoms with Gasteiger partial charge in [0.25, 0.3) is 0 Å². The van der Waals surface area contributed by atoms with Crippen molar-refractivity contribution in [2.75, 3.05) is 13.6 Å². The molecule has 1 heterocycles. The van der Waals surface area contributed by atoms with E-state index in [4.69, 9.17) is 5.26 Å². The van der Waals surface area contributed by atoms with Crippen LogP contribution in [0.5, 0.6) is 0 Å². The Bertz CT molecular complexity index is 303. The Hall–Kier alpha value is -1.24. The molecule has 0 aromatic carbocycles. The third-order valence-corrected chi connectivity index (χ3v) is 3.12. The number of carbonyl (C=O) groups excluding carboxylic acids is 1. The Morgan fingerprint density at radius 2 is 2.07 bits per heavy atom. The van der Waals surface area contributed by atoms with E-state index in [2.05, 4.69) is 19.9 Å². The lowest BCUT2D eigenvalue weighted by Gasteiger charge is -2.28. The molecule has 1 atom stereocenters. The summed E-state index contributed by atoms with van der Waals surface area (Å²) in [4.78, 5) is 15.3. The highest BCUT2D eigenvalue weighted by Gasteiger charge is 2.43. The second-order valence-corrected chi connectivity index (χ2v) is 4.99. The first kappa shape index (κ1) is 11.8. The molecule has 1 rings (SSSR count). The number of rotatable bonds is 2. The van der Waals surface area contributed by atoms with E-state index >= 15 is 0 Å². The number of likely N-dealkylation sites (N-methyl/N-ethyl adjacent to an activating group) is 1. The molecule has 0 aliphatic carbocycles. The maximum atomic E-state index is 11.9. The molecule has 15 heavy (non-hydrogen) atoms. The molecule has 0 aromatic rings. The summed E-state index contributed by atoms with van der Waals surface area (Å²) in [6, 6.07) is 2.34. The van der Waals surface area contributed by atoms with Crippen LogP contribution in [0.15, 0.2) is 0 Å². The van der Waals surface area contributed by atoms with Gasteiger partial charge in [-0.2, -0.15) is 5.26 Å². The van der Waals surface area contributed by atoms with Gasteiger partial charge in [-0.25, -0.2) is 4.79 Å². The molecule has 0 radical (unpaired) electrons. The van der Waals surface area contributed by atoms with E-state index in [1.165, 1.54) is 0 Å². The van der Waals surface area contributed by atoms with Gasteiger partial charge in [0.2, 0.25) is 0 Å². The summed E-state index contributed by atoms with van der Waals surface area (Å²) in [5, 5.41) is 9.02. The van der Waals surface area contributed by atoms with E-state index in [0.29, 0.717) is 12.5 Å². The summed E-state index contributed by atoms with van der Waals surface area (Å²) in [5.41, 5.74) is -0.713. The van der Waals surface area contributed by atoms with Crippen LogP contribution in [0.3, 0.4) is 0 Å². The van der Waals surface area contributed by atoms with Crippen LogP contribution >= 0.6 is 0 Å². The normalized spacial score (nSPS) is 22.5. The Kier molecular flexibility index (Phi) is 2.94. The zero-order valence-electron chi connectivity index (χ0n) is 10.1. The lowest BCUT2D eigenvalue weighted by molar-refractivity contribution is 0.172. The minimum absolute atomic E-state index is 0.0414. The Morgan fingerprint density at radius 1 is 1.53 bits per heavy atom. The van der Waals surface area contributed by atoms with Gasteiger partial charge in [0, 0.05) is 13.6 Å². The molecule has 1 saturated heterocycles. The summed E-state index contributed by atoms with van der Waals surface area (Å²) in [6.07, 6.45) is 0. The topological polar surface area (TPSA) is 47.3 Å². The lowest BCUT2D eigenvalue weighted by atomic mass is 10.0. The van der Waals surface area contributed by atoms with Crippen molar-refractivity contribution in [3.8, 4) is 6.07 Å². The monoisotopic (exact) mass is 209 g/mol. The summed E-state index contributed by atoms with van der Waals surface area (Å²) < 4.78 is 0. The molecule has 4 heteroatoms. The van der Waals surface area contributed by atoms with Crippen LogP contribution in [-0.2, 0) is 0 Å². The maximum Gasteiger partial charge on any atom is 0.321 e. The highest BCUT2D eigenvalue weighted by atomic mass is 16.2. The van der Waals surface area contributed by atoms with Crippen LogP contribution < -0.4 is 0 Å². The van der Waals surface area contributed by atoms with Gasteiger partial charge in [0.15, 0.2) is 0 Å². The van der Waals surface area contributed by atoms with Gasteiger partial charge in [0.1, 0.15) is 5.54 Å². The smallest absolute Gasteiger partial charge is 0.321 e. The minimum Gasteiger partial charge on any atom is -0.323 e. The van der Waals surface area contributed by atoms with Crippen molar-refractivity contribution in [3.63, 3.8) is 0 Å². The van der Waals surface area contributed by atoms with Gasteiger partial charge in [0.05, 0.1) is 12.1 Å². The van der Waals surface area contributed by atoms with Gasteiger partial charge >= 0.3 is 6.03 Å². The predicted octanol–water partition coefficient (Wildman–Crippen LogP) is 1.68. The van der Waals surface area contributed by atoms with E-state index < -0.39 is 5.54 Å². The SMILES string of the molecule is CC(C)C1CN(C(C)(C)C#N)C(=O)N1C. The van der Waals surface area contributed by atoms with Gasteiger partial charge in [-0.3, -0.25) is 0 Å². The standard InChI is InChI=1S/C11H19N3O/c1-8(2)9-6-14(10(15)13(9)5)11(3,4)7-12/h8-9H,6H2,1-5H3. The molecule has 4 nitrogen and oxygen atoms in total. The number of amides is 2. The van der Waals surface area contributed by atoms with E-state index in [1.54, 1.807) is 30.7 Å². The minimum atomic E-state index is -0.713. The third-order valence-electron chi connectivity index (χ3n) is 3.12. The average Bonchev–Trinajstić information content (AvgIpc) is 2.45. The summed E-state index contributed by atoms with van der Waals surface area (Å²) in [7, 11) is 1.81. The second kappa shape index (κ2) is 3.73. The third kappa shape index (κ3) is 1.92. The molecule has 1 unspecified atom stereocenters. The molecule has 0 spiro atoms. The highest BCUT2D eigenvalue weighted by molar-refractivity contribution is 5.78. The number of nitrogens with zero attached hydrogens (tertiary/aromatic N) is 3. The van der Waals surface area contributed by atoms with Crippen molar-refractivity contribution in [3.05, 3.63) is 0 Å². The molecule has 1 aliphatic rings. The number of nitriles is 1. The van der Waals surface area contributed by atoms with E-state index in [-0.39, 0.29) is 12.1 Å². The molecule has 0 bridgehead atoms. The van der Waals surface area contributed by atoms with Crippen molar-refractivity contribution >= 4 is 6.03 Å². The van der Waals surface area contributed by atoms with Crippen LogP contribution in [0, 0.1) is 17.2 Å². The average molecular weight is 209 g/mol. The van der Waals surface area contributed by atoms with Crippen LogP contribution in [0.25, 0.3) is 0 Å². The van der Waals surface area contributed by atoms with Crippen molar-refractivity contribution in [2.45, 2.75) is 39.3 Å². The van der Waals surface area contributed by atoms with Crippen molar-refractivity contribution in [1.82, 2.24) is 9.80 Å². The van der Waals surface area contributed by atoms with Crippen LogP contribution in [0.4, 0.5) is 4.79 Å². The molecule has 0 saturated carbocycles. The molecule has 2 amide bonds. The lowest BCUT2D eigenvalue weighted by Crippen LogP contribution is -2.44. The summed E-state index contributed by atoms with van der Waals surface area (Å²) in [6.45, 7) is 8.39. The fourth-order valence-electron chi connectivity index (χ4n) is 1.91. The van der Waals surface area contributed by atoms with Crippen LogP contribution in [-0.4, -0.2) is 41.0 Å². The number of urea groups is 1. The van der Waals surface area contributed by atoms with Crippen molar-refractivity contribution in [1.29, 1.82) is 5.26 Å². The Labute approximate surface area is 91.5 Å². The number of hydrogen-bond acceptors (Lipinski definition) is 2. The first-order valence-corrected chi connectivity index (χ1v) is 5.27. The molecule has 1 fully saturated rings. The van der Waals surface area contributed by atoms with Crippen molar-refractivity contribution in [2.24, 2.45) is 5.92 Å². The zero-order chi connectivity index (χ0) is 11.8. The van der Waals surface area contributed by atoms with E-state index in [1.807, 2.05) is 0 Å². The molecular formula is C11H19N3O. The fraction of sp³-hybridized carbons (Fsp3) is 0.818. The highest BCUT2D eigenvalue weighted by Crippen LogP contribution is 2.26. The zero-order valence-corrected chi connectivity index (χ0v) is 10.1. The van der Waals surface area contributed by atoms with Gasteiger partial charge < -0.3 is 9.80 Å². The van der Waals surface area contributed by atoms with Gasteiger partial charge in [-0.15, -0.1) is 0 Å². The van der Waals surface area contributed by atoms with Crippen LogP contribution in [0.2, 0.25) is 0 Å². The molecule has 84 valence electrons. The molecule has 0 aromatic heterocycles. The summed E-state index contributed by atoms with van der Waals surface area (Å²) >= 11 is 0.